The summed E-state index contributed by atoms with van der Waals surface area (Å²) in [5, 5.41) is 41.5. The quantitative estimate of drug-likeness (QED) is 0.513. The van der Waals surface area contributed by atoms with Crippen LogP contribution >= 0.6 is 0 Å². The lowest BCUT2D eigenvalue weighted by Gasteiger charge is -2.58. The standard InChI is InChI=1S/C23H31NO7/c1-10-17(26)18(27)19(28)22(29-10)30-15-6-3-11-9-13-12-4-5-14(25)21-23(12,7-8-24(13)2)16(11)20(15)31-21/h3,6,10,12-14,17-19,21-22,25-28H,4-5,7-9H2,1-2H3/t10?,12-,13?,14?,17+,18?,19+,21-,22?,23?/m0/s1. The van der Waals surface area contributed by atoms with E-state index in [9.17, 15) is 20.4 Å². The lowest BCUT2D eigenvalue weighted by atomic mass is 9.51. The highest BCUT2D eigenvalue weighted by atomic mass is 16.7. The van der Waals surface area contributed by atoms with Gasteiger partial charge < -0.3 is 39.5 Å². The Labute approximate surface area is 181 Å². The van der Waals surface area contributed by atoms with Crippen LogP contribution in [0.15, 0.2) is 12.1 Å². The summed E-state index contributed by atoms with van der Waals surface area (Å²) >= 11 is 0. The molecule has 3 heterocycles. The molecule has 4 N–H and O–H groups in total. The Bertz CT molecular complexity index is 895. The number of nitrogens with zero attached hydrogens (tertiary/aromatic N) is 1. The highest BCUT2D eigenvalue weighted by Gasteiger charge is 2.65. The van der Waals surface area contributed by atoms with E-state index in [4.69, 9.17) is 14.2 Å². The second kappa shape index (κ2) is 6.79. The molecule has 6 rings (SSSR count). The first kappa shape index (κ1) is 20.2. The van der Waals surface area contributed by atoms with E-state index in [1.807, 2.05) is 6.07 Å². The molecule has 3 aliphatic heterocycles. The number of hydrogen-bond acceptors (Lipinski definition) is 8. The number of ether oxygens (including phenoxy) is 3. The van der Waals surface area contributed by atoms with E-state index >= 15 is 0 Å². The van der Waals surface area contributed by atoms with Crippen molar-refractivity contribution in [2.75, 3.05) is 13.6 Å². The minimum absolute atomic E-state index is 0.216. The van der Waals surface area contributed by atoms with Crippen molar-refractivity contribution in [2.45, 2.75) is 87.0 Å². The summed E-state index contributed by atoms with van der Waals surface area (Å²) in [7, 11) is 2.19. The molecule has 8 heteroatoms. The fourth-order valence-electron chi connectivity index (χ4n) is 7.03. The number of benzene rings is 1. The van der Waals surface area contributed by atoms with Crippen molar-refractivity contribution in [3.63, 3.8) is 0 Å². The van der Waals surface area contributed by atoms with Crippen LogP contribution in [0.25, 0.3) is 0 Å². The number of likely N-dealkylation sites (tertiary alicyclic amines) is 1. The van der Waals surface area contributed by atoms with Gasteiger partial charge >= 0.3 is 0 Å². The Hall–Kier alpha value is -1.42. The molecule has 1 aromatic carbocycles. The van der Waals surface area contributed by atoms with Crippen LogP contribution in [-0.2, 0) is 16.6 Å². The smallest absolute Gasteiger partial charge is 0.229 e. The van der Waals surface area contributed by atoms with Crippen LogP contribution in [0.4, 0.5) is 0 Å². The molecule has 5 aliphatic rings. The maximum Gasteiger partial charge on any atom is 0.229 e. The van der Waals surface area contributed by atoms with E-state index in [1.165, 1.54) is 5.56 Å². The van der Waals surface area contributed by atoms with Crippen molar-refractivity contribution in [2.24, 2.45) is 5.92 Å². The summed E-state index contributed by atoms with van der Waals surface area (Å²) < 4.78 is 18.2. The van der Waals surface area contributed by atoms with Crippen LogP contribution in [0.2, 0.25) is 0 Å². The van der Waals surface area contributed by atoms with Gasteiger partial charge in [0.05, 0.1) is 12.2 Å². The number of hydrogen-bond donors (Lipinski definition) is 4. The largest absolute Gasteiger partial charge is 0.483 e. The molecule has 0 amide bonds. The zero-order chi connectivity index (χ0) is 21.7. The number of aliphatic hydroxyl groups excluding tert-OH is 4. The van der Waals surface area contributed by atoms with Crippen LogP contribution in [0, 0.1) is 5.92 Å². The van der Waals surface area contributed by atoms with Crippen molar-refractivity contribution in [3.05, 3.63) is 23.3 Å². The zero-order valence-electron chi connectivity index (χ0n) is 17.8. The first-order valence-corrected chi connectivity index (χ1v) is 11.4. The van der Waals surface area contributed by atoms with Gasteiger partial charge in [0.15, 0.2) is 11.5 Å². The molecule has 6 unspecified atom stereocenters. The van der Waals surface area contributed by atoms with Crippen LogP contribution in [0.1, 0.15) is 37.3 Å². The third-order valence-electron chi connectivity index (χ3n) is 8.60. The van der Waals surface area contributed by atoms with Crippen LogP contribution < -0.4 is 9.47 Å². The molecule has 31 heavy (non-hydrogen) atoms. The molecule has 3 fully saturated rings. The maximum absolute atomic E-state index is 10.9. The number of rotatable bonds is 2. The van der Waals surface area contributed by atoms with Gasteiger partial charge in [0.25, 0.3) is 0 Å². The third kappa shape index (κ3) is 2.57. The van der Waals surface area contributed by atoms with Crippen molar-refractivity contribution < 1.29 is 34.6 Å². The van der Waals surface area contributed by atoms with Crippen LogP contribution in [-0.4, -0.2) is 87.9 Å². The zero-order valence-corrected chi connectivity index (χ0v) is 17.8. The third-order valence-corrected chi connectivity index (χ3v) is 8.60. The van der Waals surface area contributed by atoms with E-state index in [2.05, 4.69) is 18.0 Å². The van der Waals surface area contributed by atoms with Gasteiger partial charge in [0.1, 0.15) is 24.4 Å². The first-order chi connectivity index (χ1) is 14.8. The van der Waals surface area contributed by atoms with Gasteiger partial charge in [-0.3, -0.25) is 0 Å². The molecule has 170 valence electrons. The van der Waals surface area contributed by atoms with Gasteiger partial charge in [0, 0.05) is 17.0 Å². The average Bonchev–Trinajstić information content (AvgIpc) is 3.11. The normalized spacial score (nSPS) is 48.1. The van der Waals surface area contributed by atoms with Gasteiger partial charge in [-0.15, -0.1) is 0 Å². The molecule has 0 radical (unpaired) electrons. The predicted molar refractivity (Wildman–Crippen MR) is 109 cm³/mol. The summed E-state index contributed by atoms with van der Waals surface area (Å²) in [6, 6.07) is 4.34. The SMILES string of the molecule is CC1OC(Oc2ccc3c4c2O[C@H]2C(O)CC[C@H]5C(C3)N(C)CCC452)[C@H](O)C(O)[C@@H]1O. The molecule has 2 aliphatic carbocycles. The number of aliphatic hydroxyl groups is 4. The van der Waals surface area contributed by atoms with Crippen molar-refractivity contribution in [1.82, 2.24) is 4.90 Å². The molecule has 10 atom stereocenters. The fourth-order valence-corrected chi connectivity index (χ4v) is 7.03. The summed E-state index contributed by atoms with van der Waals surface area (Å²) in [6.07, 6.45) is -2.98. The van der Waals surface area contributed by atoms with Crippen molar-refractivity contribution >= 4 is 0 Å². The topological polar surface area (TPSA) is 112 Å². The molecule has 2 bridgehead atoms. The Morgan fingerprint density at radius 1 is 1.10 bits per heavy atom. The summed E-state index contributed by atoms with van der Waals surface area (Å²) in [5.74, 6) is 1.52. The van der Waals surface area contributed by atoms with E-state index in [1.54, 1.807) is 6.92 Å². The summed E-state index contributed by atoms with van der Waals surface area (Å²) in [5.41, 5.74) is 2.18. The predicted octanol–water partition coefficient (Wildman–Crippen LogP) is -0.0772. The van der Waals surface area contributed by atoms with E-state index in [-0.39, 0.29) is 11.5 Å². The molecule has 1 spiro atoms. The molecular formula is C23H31NO7. The highest BCUT2D eigenvalue weighted by Crippen LogP contribution is 2.63. The lowest BCUT2D eigenvalue weighted by molar-refractivity contribution is -0.268. The van der Waals surface area contributed by atoms with Gasteiger partial charge in [-0.2, -0.15) is 0 Å². The minimum atomic E-state index is -1.39. The van der Waals surface area contributed by atoms with Crippen molar-refractivity contribution in [1.29, 1.82) is 0 Å². The fraction of sp³-hybridized carbons (Fsp3) is 0.739. The maximum atomic E-state index is 10.9. The Balaban J connectivity index is 1.41. The molecular weight excluding hydrogens is 402 g/mol. The minimum Gasteiger partial charge on any atom is -0.483 e. The molecule has 8 nitrogen and oxygen atoms in total. The second-order valence-corrected chi connectivity index (χ2v) is 10.1. The Morgan fingerprint density at radius 2 is 1.90 bits per heavy atom. The Kier molecular flexibility index (Phi) is 4.43. The van der Waals surface area contributed by atoms with Gasteiger partial charge in [-0.05, 0) is 63.7 Å². The van der Waals surface area contributed by atoms with Gasteiger partial charge in [0.2, 0.25) is 6.29 Å². The van der Waals surface area contributed by atoms with Gasteiger partial charge in [-0.1, -0.05) is 6.07 Å². The van der Waals surface area contributed by atoms with E-state index in [0.717, 1.165) is 37.8 Å². The van der Waals surface area contributed by atoms with Crippen LogP contribution in [0.5, 0.6) is 11.5 Å². The second-order valence-electron chi connectivity index (χ2n) is 10.1. The van der Waals surface area contributed by atoms with Gasteiger partial charge in [-0.25, -0.2) is 0 Å². The molecule has 0 aromatic heterocycles. The lowest BCUT2D eigenvalue weighted by Crippen LogP contribution is -2.66. The van der Waals surface area contributed by atoms with Crippen molar-refractivity contribution in [3.8, 4) is 11.5 Å². The monoisotopic (exact) mass is 433 g/mol. The molecule has 1 aromatic rings. The van der Waals surface area contributed by atoms with E-state index in [0.29, 0.717) is 23.5 Å². The molecule has 1 saturated carbocycles. The summed E-state index contributed by atoms with van der Waals surface area (Å²) in [6.45, 7) is 2.59. The average molecular weight is 434 g/mol. The molecule has 2 saturated heterocycles. The van der Waals surface area contributed by atoms with Crippen LogP contribution in [0.3, 0.4) is 0 Å². The first-order valence-electron chi connectivity index (χ1n) is 11.4. The highest BCUT2D eigenvalue weighted by molar-refractivity contribution is 5.61. The number of piperidine rings is 1. The van der Waals surface area contributed by atoms with E-state index < -0.39 is 36.8 Å². The Morgan fingerprint density at radius 3 is 2.71 bits per heavy atom. The summed E-state index contributed by atoms with van der Waals surface area (Å²) in [4.78, 5) is 2.45. The number of likely N-dealkylation sites (N-methyl/N-ethyl adjacent to an activating group) is 1.